The Kier molecular flexibility index (Phi) is 8.30. The van der Waals surface area contributed by atoms with Crippen LogP contribution in [-0.4, -0.2) is 24.6 Å². The van der Waals surface area contributed by atoms with Gasteiger partial charge in [-0.3, -0.25) is 0 Å². The summed E-state index contributed by atoms with van der Waals surface area (Å²) in [7, 11) is 0. The first-order valence-electron chi connectivity index (χ1n) is 11.3. The Balaban J connectivity index is 1.46. The van der Waals surface area contributed by atoms with E-state index in [0.29, 0.717) is 22.9 Å². The number of ether oxygens (including phenoxy) is 2. The van der Waals surface area contributed by atoms with Gasteiger partial charge in [0.05, 0.1) is 12.2 Å². The molecule has 0 saturated heterocycles. The van der Waals surface area contributed by atoms with Crippen molar-refractivity contribution in [2.75, 3.05) is 18.1 Å². The highest BCUT2D eigenvalue weighted by Crippen LogP contribution is 2.27. The van der Waals surface area contributed by atoms with Crippen LogP contribution in [0, 0.1) is 5.92 Å². The molecule has 6 heteroatoms. The normalized spacial score (nSPS) is 19.1. The lowest BCUT2D eigenvalue weighted by Crippen LogP contribution is -2.23. The van der Waals surface area contributed by atoms with Crippen LogP contribution in [0.25, 0.3) is 6.08 Å². The van der Waals surface area contributed by atoms with Crippen molar-refractivity contribution in [3.63, 3.8) is 0 Å². The molecule has 0 aliphatic heterocycles. The molecule has 0 amide bonds. The maximum atomic E-state index is 12.4. The lowest BCUT2D eigenvalue weighted by Gasteiger charge is -2.26. The Morgan fingerprint density at radius 3 is 2.30 bits per heavy atom. The fourth-order valence-corrected chi connectivity index (χ4v) is 3.89. The SMILES string of the molecule is C=CC1CCC(OC(=O)c2ccc(/C=C/C(=O)OCC(C)c3cc(N)cc(N)c3)cc2)CC1. The second-order valence-corrected chi connectivity index (χ2v) is 8.60. The summed E-state index contributed by atoms with van der Waals surface area (Å²) in [5.41, 5.74) is 15.0. The molecular formula is C27H32N2O4. The minimum Gasteiger partial charge on any atom is -0.462 e. The topological polar surface area (TPSA) is 105 Å². The van der Waals surface area contributed by atoms with Crippen molar-refractivity contribution in [2.24, 2.45) is 5.92 Å². The van der Waals surface area contributed by atoms with Gasteiger partial charge in [-0.1, -0.05) is 25.1 Å². The Labute approximate surface area is 195 Å². The predicted octanol–water partition coefficient (Wildman–Crippen LogP) is 5.11. The number of benzene rings is 2. The van der Waals surface area contributed by atoms with Gasteiger partial charge in [-0.25, -0.2) is 9.59 Å². The molecule has 6 nitrogen and oxygen atoms in total. The fourth-order valence-electron chi connectivity index (χ4n) is 3.89. The van der Waals surface area contributed by atoms with Gasteiger partial charge in [-0.05, 0) is 79.1 Å². The summed E-state index contributed by atoms with van der Waals surface area (Å²) in [6.07, 6.45) is 8.72. The number of carbonyl (C=O) groups excluding carboxylic acids is 2. The van der Waals surface area contributed by atoms with Crippen molar-refractivity contribution in [3.05, 3.63) is 77.9 Å². The van der Waals surface area contributed by atoms with Crippen LogP contribution in [0.1, 0.15) is 60.0 Å². The maximum Gasteiger partial charge on any atom is 0.338 e. The van der Waals surface area contributed by atoms with Gasteiger partial charge in [-0.15, -0.1) is 6.58 Å². The van der Waals surface area contributed by atoms with E-state index in [4.69, 9.17) is 20.9 Å². The van der Waals surface area contributed by atoms with Crippen LogP contribution in [0.15, 0.2) is 61.2 Å². The third-order valence-corrected chi connectivity index (χ3v) is 5.93. The highest BCUT2D eigenvalue weighted by molar-refractivity contribution is 5.90. The summed E-state index contributed by atoms with van der Waals surface area (Å²) in [6, 6.07) is 12.3. The van der Waals surface area contributed by atoms with Gasteiger partial charge in [0.2, 0.25) is 0 Å². The standard InChI is InChI=1S/C27H32N2O4/c1-3-19-6-11-25(12-7-19)33-27(31)21-9-4-20(5-10-21)8-13-26(30)32-17-18(2)22-14-23(28)16-24(29)15-22/h3-5,8-10,13-16,18-19,25H,1,6-7,11-12,17,28-29H2,2H3/b13-8+. The van der Waals surface area contributed by atoms with Crippen molar-refractivity contribution in [2.45, 2.75) is 44.6 Å². The van der Waals surface area contributed by atoms with Crippen LogP contribution >= 0.6 is 0 Å². The summed E-state index contributed by atoms with van der Waals surface area (Å²) in [5.74, 6) is -0.275. The minimum atomic E-state index is -0.447. The molecule has 0 aromatic heterocycles. The number of rotatable bonds is 8. The van der Waals surface area contributed by atoms with Gasteiger partial charge in [-0.2, -0.15) is 0 Å². The Hall–Kier alpha value is -3.54. The van der Waals surface area contributed by atoms with E-state index in [1.807, 2.05) is 25.1 Å². The molecule has 0 heterocycles. The number of hydrogen-bond acceptors (Lipinski definition) is 6. The summed E-state index contributed by atoms with van der Waals surface area (Å²) in [5, 5.41) is 0. The largest absolute Gasteiger partial charge is 0.462 e. The van der Waals surface area contributed by atoms with Gasteiger partial charge in [0.25, 0.3) is 0 Å². The molecule has 0 radical (unpaired) electrons. The highest BCUT2D eigenvalue weighted by Gasteiger charge is 2.22. The van der Waals surface area contributed by atoms with E-state index in [9.17, 15) is 9.59 Å². The van der Waals surface area contributed by atoms with Crippen LogP contribution in [0.2, 0.25) is 0 Å². The first kappa shape index (κ1) is 24.1. The van der Waals surface area contributed by atoms with Crippen molar-refractivity contribution in [3.8, 4) is 0 Å². The Morgan fingerprint density at radius 2 is 1.70 bits per heavy atom. The predicted molar refractivity (Wildman–Crippen MR) is 131 cm³/mol. The molecule has 1 aliphatic rings. The minimum absolute atomic E-state index is 0.0331. The molecule has 1 atom stereocenters. The van der Waals surface area contributed by atoms with Crippen LogP contribution in [0.4, 0.5) is 11.4 Å². The van der Waals surface area contributed by atoms with Crippen molar-refractivity contribution in [1.82, 2.24) is 0 Å². The molecule has 1 saturated carbocycles. The van der Waals surface area contributed by atoms with E-state index in [1.54, 1.807) is 36.4 Å². The maximum absolute atomic E-state index is 12.4. The third kappa shape index (κ3) is 7.24. The molecule has 174 valence electrons. The lowest BCUT2D eigenvalue weighted by molar-refractivity contribution is -0.138. The molecule has 2 aromatic carbocycles. The summed E-state index contributed by atoms with van der Waals surface area (Å²) in [6.45, 7) is 5.99. The molecule has 4 N–H and O–H groups in total. The number of allylic oxidation sites excluding steroid dienone is 1. The second-order valence-electron chi connectivity index (χ2n) is 8.60. The van der Waals surface area contributed by atoms with Crippen molar-refractivity contribution in [1.29, 1.82) is 0 Å². The quantitative estimate of drug-likeness (QED) is 0.252. The molecule has 2 aromatic rings. The number of carbonyl (C=O) groups is 2. The van der Waals surface area contributed by atoms with Crippen molar-refractivity contribution >= 4 is 29.4 Å². The average molecular weight is 449 g/mol. The van der Waals surface area contributed by atoms with Crippen LogP contribution in [0.5, 0.6) is 0 Å². The van der Waals surface area contributed by atoms with Gasteiger partial charge in [0.1, 0.15) is 6.10 Å². The molecule has 0 bridgehead atoms. The Bertz CT molecular complexity index is 985. The van der Waals surface area contributed by atoms with E-state index in [-0.39, 0.29) is 24.6 Å². The molecule has 3 rings (SSSR count). The summed E-state index contributed by atoms with van der Waals surface area (Å²) < 4.78 is 11.0. The zero-order chi connectivity index (χ0) is 23.8. The number of nitrogens with two attached hydrogens (primary N) is 2. The molecule has 0 spiro atoms. The lowest BCUT2D eigenvalue weighted by atomic mass is 9.87. The van der Waals surface area contributed by atoms with Gasteiger partial charge >= 0.3 is 11.9 Å². The van der Waals surface area contributed by atoms with Crippen LogP contribution < -0.4 is 11.5 Å². The van der Waals surface area contributed by atoms with E-state index in [0.717, 1.165) is 36.8 Å². The summed E-state index contributed by atoms with van der Waals surface area (Å²) >= 11 is 0. The number of hydrogen-bond donors (Lipinski definition) is 2. The van der Waals surface area contributed by atoms with E-state index < -0.39 is 5.97 Å². The fraction of sp³-hybridized carbons (Fsp3) is 0.333. The number of nitrogen functional groups attached to an aromatic ring is 2. The molecule has 1 unspecified atom stereocenters. The van der Waals surface area contributed by atoms with E-state index in [1.165, 1.54) is 6.08 Å². The van der Waals surface area contributed by atoms with E-state index in [2.05, 4.69) is 6.58 Å². The van der Waals surface area contributed by atoms with E-state index >= 15 is 0 Å². The van der Waals surface area contributed by atoms with Crippen LogP contribution in [-0.2, 0) is 14.3 Å². The number of esters is 2. The molecule has 1 fully saturated rings. The van der Waals surface area contributed by atoms with Gasteiger partial charge < -0.3 is 20.9 Å². The monoisotopic (exact) mass is 448 g/mol. The first-order valence-corrected chi connectivity index (χ1v) is 11.3. The zero-order valence-electron chi connectivity index (χ0n) is 19.0. The number of anilines is 2. The first-order chi connectivity index (χ1) is 15.8. The summed E-state index contributed by atoms with van der Waals surface area (Å²) in [4.78, 5) is 24.5. The van der Waals surface area contributed by atoms with Gasteiger partial charge in [0, 0.05) is 23.4 Å². The molecular weight excluding hydrogens is 416 g/mol. The average Bonchev–Trinajstić information content (AvgIpc) is 2.81. The van der Waals surface area contributed by atoms with Gasteiger partial charge in [0.15, 0.2) is 0 Å². The third-order valence-electron chi connectivity index (χ3n) is 5.93. The smallest absolute Gasteiger partial charge is 0.338 e. The highest BCUT2D eigenvalue weighted by atomic mass is 16.5. The molecule has 33 heavy (non-hydrogen) atoms. The van der Waals surface area contributed by atoms with Crippen molar-refractivity contribution < 1.29 is 19.1 Å². The van der Waals surface area contributed by atoms with Crippen LogP contribution in [0.3, 0.4) is 0 Å². The zero-order valence-corrected chi connectivity index (χ0v) is 19.0. The molecule has 1 aliphatic carbocycles. The Morgan fingerprint density at radius 1 is 1.06 bits per heavy atom. The second kappa shape index (κ2) is 11.4.